The van der Waals surface area contributed by atoms with E-state index in [1.807, 2.05) is 0 Å². The summed E-state index contributed by atoms with van der Waals surface area (Å²) in [6.45, 7) is 2.10. The second-order valence-corrected chi connectivity index (χ2v) is 9.22. The fourth-order valence-corrected chi connectivity index (χ4v) is 3.99. The first-order valence-electron chi connectivity index (χ1n) is 8.55. The van der Waals surface area contributed by atoms with Crippen molar-refractivity contribution in [2.75, 3.05) is 0 Å². The Kier molecular flexibility index (Phi) is 5.35. The molecule has 0 unspecified atom stereocenters. The molecule has 2 nitrogen and oxygen atoms in total. The maximum Gasteiger partial charge on any atom is 0.314 e. The number of halogens is 6. The van der Waals surface area contributed by atoms with Gasteiger partial charge in [-0.3, -0.25) is 4.79 Å². The Balaban J connectivity index is 2.00. The zero-order valence-corrected chi connectivity index (χ0v) is 15.1. The van der Waals surface area contributed by atoms with Gasteiger partial charge in [-0.15, -0.1) is 0 Å². The molecule has 26 heavy (non-hydrogen) atoms. The highest BCUT2D eigenvalue weighted by Crippen LogP contribution is 3.02. The van der Waals surface area contributed by atoms with Gasteiger partial charge in [-0.05, 0) is 43.7 Å². The first kappa shape index (κ1) is 20.9. The van der Waals surface area contributed by atoms with Crippen molar-refractivity contribution in [3.8, 4) is 5.75 Å². The van der Waals surface area contributed by atoms with Gasteiger partial charge in [0.1, 0.15) is 16.5 Å². The van der Waals surface area contributed by atoms with E-state index in [9.17, 15) is 28.6 Å². The van der Waals surface area contributed by atoms with Crippen LogP contribution in [0.25, 0.3) is 0 Å². The number of benzene rings is 1. The summed E-state index contributed by atoms with van der Waals surface area (Å²) >= 11 is 0. The van der Waals surface area contributed by atoms with Gasteiger partial charge in [-0.2, -0.15) is 0 Å². The molecular weight excluding hydrogens is 382 g/mol. The normalized spacial score (nSPS) is 23.8. The smallest absolute Gasteiger partial charge is 0.314 e. The molecule has 1 fully saturated rings. The average molecular weight is 404 g/mol. The molecule has 9 heteroatoms. The lowest BCUT2D eigenvalue weighted by atomic mass is 9.80. The molecule has 1 saturated carbocycles. The van der Waals surface area contributed by atoms with Crippen LogP contribution in [-0.2, 0) is 4.79 Å². The fourth-order valence-electron chi connectivity index (χ4n) is 3.24. The lowest BCUT2D eigenvalue weighted by Gasteiger charge is -2.40. The second-order valence-electron chi connectivity index (χ2n) is 6.84. The summed E-state index contributed by atoms with van der Waals surface area (Å²) in [6.07, 6.45) is 6.23. The SMILES string of the molecule is CCCC[C@H]1CC[C@H](C(=O)Oc2ccc(S(F)(F)(F)(F)F)c(F)c2)CC1. The Labute approximate surface area is 148 Å². The van der Waals surface area contributed by atoms with Gasteiger partial charge in [0.25, 0.3) is 0 Å². The Morgan fingerprint density at radius 1 is 1.12 bits per heavy atom. The van der Waals surface area contributed by atoms with E-state index in [0.29, 0.717) is 24.8 Å². The monoisotopic (exact) mass is 404 g/mol. The summed E-state index contributed by atoms with van der Waals surface area (Å²) in [5.41, 5.74) is 0. The predicted octanol–water partition coefficient (Wildman–Crippen LogP) is 7.39. The Hall–Kier alpha value is -1.38. The minimum Gasteiger partial charge on any atom is -0.426 e. The van der Waals surface area contributed by atoms with E-state index in [2.05, 4.69) is 6.92 Å². The van der Waals surface area contributed by atoms with E-state index < -0.39 is 38.6 Å². The van der Waals surface area contributed by atoms with Crippen LogP contribution in [-0.4, -0.2) is 5.97 Å². The third kappa shape index (κ3) is 5.56. The van der Waals surface area contributed by atoms with Crippen molar-refractivity contribution in [3.05, 3.63) is 24.0 Å². The topological polar surface area (TPSA) is 26.3 Å². The van der Waals surface area contributed by atoms with E-state index in [0.717, 1.165) is 32.1 Å². The Morgan fingerprint density at radius 3 is 2.23 bits per heavy atom. The highest BCUT2D eigenvalue weighted by molar-refractivity contribution is 8.45. The number of esters is 1. The van der Waals surface area contributed by atoms with Gasteiger partial charge in [0.05, 0.1) is 5.92 Å². The van der Waals surface area contributed by atoms with Gasteiger partial charge >= 0.3 is 16.2 Å². The highest BCUT2D eigenvalue weighted by atomic mass is 32.5. The zero-order chi connectivity index (χ0) is 19.7. The van der Waals surface area contributed by atoms with E-state index in [4.69, 9.17) is 4.74 Å². The van der Waals surface area contributed by atoms with Gasteiger partial charge in [0.15, 0.2) is 0 Å². The van der Waals surface area contributed by atoms with E-state index >= 15 is 0 Å². The van der Waals surface area contributed by atoms with Gasteiger partial charge in [0, 0.05) is 6.07 Å². The molecule has 0 radical (unpaired) electrons. The molecule has 0 saturated heterocycles. The molecule has 0 spiro atoms. The van der Waals surface area contributed by atoms with Crippen LogP contribution in [0.5, 0.6) is 5.75 Å². The summed E-state index contributed by atoms with van der Waals surface area (Å²) in [7, 11) is -10.1. The molecule has 2 rings (SSSR count). The van der Waals surface area contributed by atoms with Crippen molar-refractivity contribution in [2.24, 2.45) is 11.8 Å². The molecule has 0 aliphatic heterocycles. The molecular formula is C17H22F6O2S. The largest absolute Gasteiger partial charge is 0.426 e. The lowest BCUT2D eigenvalue weighted by Crippen LogP contribution is -2.25. The van der Waals surface area contributed by atoms with Crippen LogP contribution < -0.4 is 4.74 Å². The maximum absolute atomic E-state index is 13.5. The van der Waals surface area contributed by atoms with Gasteiger partial charge in [-0.25, -0.2) is 4.39 Å². The molecule has 1 aromatic rings. The molecule has 0 atom stereocenters. The minimum atomic E-state index is -10.1. The van der Waals surface area contributed by atoms with E-state index in [1.54, 1.807) is 0 Å². The van der Waals surface area contributed by atoms with E-state index in [1.165, 1.54) is 0 Å². The van der Waals surface area contributed by atoms with Crippen molar-refractivity contribution in [2.45, 2.75) is 56.8 Å². The molecule has 1 aromatic carbocycles. The number of unbranched alkanes of at least 4 members (excludes halogenated alkanes) is 1. The van der Waals surface area contributed by atoms with Crippen molar-refractivity contribution >= 4 is 16.2 Å². The molecule has 0 amide bonds. The third-order valence-corrected chi connectivity index (χ3v) is 5.85. The molecule has 0 aromatic heterocycles. The summed E-state index contributed by atoms with van der Waals surface area (Å²) < 4.78 is 81.8. The molecule has 1 aliphatic carbocycles. The van der Waals surface area contributed by atoms with Crippen LogP contribution in [0.3, 0.4) is 0 Å². The maximum atomic E-state index is 13.5. The first-order chi connectivity index (χ1) is 11.8. The van der Waals surface area contributed by atoms with Gasteiger partial charge in [0.2, 0.25) is 0 Å². The Bertz CT molecular complexity index is 666. The molecule has 0 bridgehead atoms. The highest BCUT2D eigenvalue weighted by Gasteiger charge is 2.67. The lowest BCUT2D eigenvalue weighted by molar-refractivity contribution is -0.140. The predicted molar refractivity (Wildman–Crippen MR) is 88.4 cm³/mol. The van der Waals surface area contributed by atoms with Gasteiger partial charge in [-0.1, -0.05) is 45.6 Å². The molecule has 0 heterocycles. The number of carbonyl (C=O) groups is 1. The van der Waals surface area contributed by atoms with Crippen LogP contribution in [0.15, 0.2) is 23.1 Å². The summed E-state index contributed by atoms with van der Waals surface area (Å²) in [5, 5.41) is 0. The summed E-state index contributed by atoms with van der Waals surface area (Å²) in [6, 6.07) is 0.639. The first-order valence-corrected chi connectivity index (χ1v) is 10.5. The van der Waals surface area contributed by atoms with E-state index in [-0.39, 0.29) is 12.1 Å². The number of ether oxygens (including phenoxy) is 1. The Morgan fingerprint density at radius 2 is 1.73 bits per heavy atom. The second kappa shape index (κ2) is 6.65. The quantitative estimate of drug-likeness (QED) is 0.281. The minimum absolute atomic E-state index is 0.0822. The number of rotatable bonds is 6. The van der Waals surface area contributed by atoms with Crippen molar-refractivity contribution < 1.29 is 33.4 Å². The van der Waals surface area contributed by atoms with Crippen LogP contribution in [0.2, 0.25) is 0 Å². The van der Waals surface area contributed by atoms with Crippen molar-refractivity contribution in [3.63, 3.8) is 0 Å². The van der Waals surface area contributed by atoms with Crippen molar-refractivity contribution in [1.82, 2.24) is 0 Å². The van der Waals surface area contributed by atoms with Gasteiger partial charge < -0.3 is 4.74 Å². The third-order valence-electron chi connectivity index (χ3n) is 4.68. The van der Waals surface area contributed by atoms with Crippen LogP contribution >= 0.6 is 10.2 Å². The molecule has 0 N–H and O–H groups in total. The zero-order valence-electron chi connectivity index (χ0n) is 14.3. The van der Waals surface area contributed by atoms with Crippen LogP contribution in [0.1, 0.15) is 51.9 Å². The number of carbonyl (C=O) groups excluding carboxylic acids is 1. The molecule has 1 aliphatic rings. The fraction of sp³-hybridized carbons (Fsp3) is 0.588. The summed E-state index contributed by atoms with van der Waals surface area (Å²) in [5.74, 6) is -3.19. The standard InChI is InChI=1S/C17H22F6O2S/c1-2-3-4-12-5-7-13(8-6-12)17(24)25-14-9-10-16(15(18)11-14)26(19,20,21,22)23/h9-13H,2-8H2,1H3/t12-,13-. The summed E-state index contributed by atoms with van der Waals surface area (Å²) in [4.78, 5) is 9.49. The van der Waals surface area contributed by atoms with Crippen LogP contribution in [0, 0.1) is 17.7 Å². The van der Waals surface area contributed by atoms with Crippen molar-refractivity contribution in [1.29, 1.82) is 0 Å². The average Bonchev–Trinajstić information content (AvgIpc) is 2.50. The number of hydrogen-bond acceptors (Lipinski definition) is 2. The molecule has 150 valence electrons. The van der Waals surface area contributed by atoms with Crippen LogP contribution in [0.4, 0.5) is 23.8 Å². The number of hydrogen-bond donors (Lipinski definition) is 0.